The van der Waals surface area contributed by atoms with Gasteiger partial charge in [0.05, 0.1) is 0 Å². The van der Waals surface area contributed by atoms with Gasteiger partial charge in [0.2, 0.25) is 0 Å². The average Bonchev–Trinajstić information content (AvgIpc) is 2.54. The zero-order valence-corrected chi connectivity index (χ0v) is 13.3. The molecule has 0 aliphatic heterocycles. The quantitative estimate of drug-likeness (QED) is 0.772. The maximum Gasteiger partial charge on any atom is 0.127 e. The van der Waals surface area contributed by atoms with E-state index >= 15 is 0 Å². The highest BCUT2D eigenvalue weighted by Crippen LogP contribution is 2.25. The molecule has 0 bridgehead atoms. The van der Waals surface area contributed by atoms with Gasteiger partial charge in [-0.25, -0.2) is 0 Å². The highest BCUT2D eigenvalue weighted by atomic mass is 16.5. The first-order chi connectivity index (χ1) is 10.8. The molecule has 3 rings (SSSR count). The van der Waals surface area contributed by atoms with E-state index in [1.165, 1.54) is 26.8 Å². The molecule has 0 N–H and O–H groups in total. The van der Waals surface area contributed by atoms with E-state index in [1.54, 1.807) is 6.08 Å². The van der Waals surface area contributed by atoms with E-state index < -0.39 is 0 Å². The molecular weight excluding hydrogens is 268 g/mol. The number of allylic oxidation sites excluding steroid dienone is 2. The Labute approximate surface area is 131 Å². The minimum Gasteiger partial charge on any atom is -0.489 e. The van der Waals surface area contributed by atoms with Crippen molar-refractivity contribution in [2.24, 2.45) is 0 Å². The van der Waals surface area contributed by atoms with Crippen molar-refractivity contribution in [3.8, 4) is 5.75 Å². The van der Waals surface area contributed by atoms with Gasteiger partial charge in [-0.1, -0.05) is 69.0 Å². The molecule has 0 amide bonds. The van der Waals surface area contributed by atoms with Gasteiger partial charge in [0.15, 0.2) is 0 Å². The van der Waals surface area contributed by atoms with Crippen LogP contribution in [-0.2, 0) is 0 Å². The van der Waals surface area contributed by atoms with Crippen molar-refractivity contribution in [3.05, 3.63) is 65.1 Å². The molecule has 1 aliphatic rings. The second-order valence-electron chi connectivity index (χ2n) is 5.70. The minimum absolute atomic E-state index is 0.419. The first-order valence-corrected chi connectivity index (χ1v) is 7.94. The normalized spacial score (nSPS) is 17.2. The number of ether oxygens (including phenoxy) is 1. The van der Waals surface area contributed by atoms with Gasteiger partial charge in [0.1, 0.15) is 12.4 Å². The molecule has 2 aromatic rings. The van der Waals surface area contributed by atoms with Crippen LogP contribution in [0.15, 0.2) is 49.1 Å². The van der Waals surface area contributed by atoms with E-state index in [9.17, 15) is 0 Å². The fourth-order valence-corrected chi connectivity index (χ4v) is 3.21. The molecule has 0 saturated heterocycles. The van der Waals surface area contributed by atoms with Gasteiger partial charge in [0, 0.05) is 11.1 Å². The topological polar surface area (TPSA) is 9.23 Å². The zero-order chi connectivity index (χ0) is 15.5. The number of hydrogen-bond donors (Lipinski definition) is 0. The summed E-state index contributed by atoms with van der Waals surface area (Å²) < 4.78 is 5.90. The summed E-state index contributed by atoms with van der Waals surface area (Å²) in [7, 11) is 0. The summed E-state index contributed by atoms with van der Waals surface area (Å²) in [6.45, 7) is 8.71. The van der Waals surface area contributed by atoms with Crippen molar-refractivity contribution >= 4 is 22.9 Å². The average molecular weight is 290 g/mol. The Bertz CT molecular complexity index is 856. The van der Waals surface area contributed by atoms with Crippen LogP contribution in [0.25, 0.3) is 22.9 Å². The van der Waals surface area contributed by atoms with Gasteiger partial charge in [-0.15, -0.1) is 0 Å². The molecule has 2 aromatic carbocycles. The smallest absolute Gasteiger partial charge is 0.127 e. The van der Waals surface area contributed by atoms with Crippen molar-refractivity contribution in [3.63, 3.8) is 0 Å². The van der Waals surface area contributed by atoms with Crippen LogP contribution < -0.4 is 15.2 Å². The third kappa shape index (κ3) is 2.48. The summed E-state index contributed by atoms with van der Waals surface area (Å²) in [4.78, 5) is 0. The fraction of sp³-hybridized carbons (Fsp3) is 0.238. The van der Waals surface area contributed by atoms with Crippen LogP contribution in [0, 0.1) is 0 Å². The molecule has 1 nitrogen and oxygen atoms in total. The molecular formula is C21H22O. The summed E-state index contributed by atoms with van der Waals surface area (Å²) in [5.74, 6) is 1.37. The molecule has 1 unspecified atom stereocenters. The Morgan fingerprint density at radius 2 is 2.05 bits per heavy atom. The minimum atomic E-state index is 0.419. The molecule has 0 heterocycles. The van der Waals surface area contributed by atoms with Crippen LogP contribution >= 0.6 is 0 Å². The van der Waals surface area contributed by atoms with Crippen LogP contribution in [0.5, 0.6) is 5.75 Å². The predicted octanol–water partition coefficient (Wildman–Crippen LogP) is 4.05. The second-order valence-corrected chi connectivity index (χ2v) is 5.70. The van der Waals surface area contributed by atoms with Crippen LogP contribution in [0.4, 0.5) is 0 Å². The van der Waals surface area contributed by atoms with Gasteiger partial charge in [-0.05, 0) is 34.0 Å². The van der Waals surface area contributed by atoms with Gasteiger partial charge in [-0.2, -0.15) is 0 Å². The van der Waals surface area contributed by atoms with E-state index in [0.717, 1.165) is 12.2 Å². The summed E-state index contributed by atoms with van der Waals surface area (Å²) in [5.41, 5.74) is 1.41. The first kappa shape index (κ1) is 14.6. The van der Waals surface area contributed by atoms with Crippen molar-refractivity contribution < 1.29 is 4.74 Å². The highest BCUT2D eigenvalue weighted by molar-refractivity contribution is 5.90. The lowest BCUT2D eigenvalue weighted by Gasteiger charge is -2.17. The number of rotatable bonds is 4. The zero-order valence-electron chi connectivity index (χ0n) is 13.3. The largest absolute Gasteiger partial charge is 0.489 e. The van der Waals surface area contributed by atoms with Crippen molar-refractivity contribution in [2.75, 3.05) is 6.61 Å². The van der Waals surface area contributed by atoms with Crippen molar-refractivity contribution in [1.82, 2.24) is 0 Å². The maximum absolute atomic E-state index is 5.90. The van der Waals surface area contributed by atoms with Gasteiger partial charge in [0.25, 0.3) is 0 Å². The highest BCUT2D eigenvalue weighted by Gasteiger charge is 2.14. The van der Waals surface area contributed by atoms with Crippen LogP contribution in [0.2, 0.25) is 0 Å². The van der Waals surface area contributed by atoms with E-state index in [4.69, 9.17) is 4.74 Å². The number of fused-ring (bicyclic) bond motifs is 3. The first-order valence-electron chi connectivity index (χ1n) is 7.94. The summed E-state index contributed by atoms with van der Waals surface area (Å²) in [6.07, 6.45) is 11.7. The Balaban J connectivity index is 2.40. The lowest BCUT2D eigenvalue weighted by molar-refractivity contribution is 0.361. The van der Waals surface area contributed by atoms with Gasteiger partial charge < -0.3 is 4.74 Å². The molecule has 22 heavy (non-hydrogen) atoms. The Kier molecular flexibility index (Phi) is 4.15. The molecule has 0 aromatic heterocycles. The summed E-state index contributed by atoms with van der Waals surface area (Å²) in [5, 5.41) is 5.14. The molecule has 0 spiro atoms. The fourth-order valence-electron chi connectivity index (χ4n) is 3.21. The van der Waals surface area contributed by atoms with Gasteiger partial charge in [-0.3, -0.25) is 0 Å². The Morgan fingerprint density at radius 3 is 2.82 bits per heavy atom. The van der Waals surface area contributed by atoms with Crippen LogP contribution in [0.3, 0.4) is 0 Å². The third-order valence-electron chi connectivity index (χ3n) is 4.16. The molecule has 0 fully saturated rings. The van der Waals surface area contributed by atoms with Crippen LogP contribution in [0.1, 0.15) is 31.7 Å². The van der Waals surface area contributed by atoms with E-state index in [2.05, 4.69) is 69.0 Å². The number of benzene rings is 2. The molecule has 0 saturated carbocycles. The molecule has 112 valence electrons. The standard InChI is InChI=1S/C21H22O/c1-4-7-18-19(22-14-5-2)13-12-17-11-10-16-9-6-8-15(3)20(16)21(17)18/h5-13,15H,2,4,14H2,1,3H3/b18-7-. The second kappa shape index (κ2) is 6.23. The van der Waals surface area contributed by atoms with E-state index in [-0.39, 0.29) is 0 Å². The molecule has 1 aliphatic carbocycles. The van der Waals surface area contributed by atoms with E-state index in [1.807, 2.05) is 0 Å². The molecule has 0 radical (unpaired) electrons. The predicted molar refractivity (Wildman–Crippen MR) is 95.7 cm³/mol. The third-order valence-corrected chi connectivity index (χ3v) is 4.16. The van der Waals surface area contributed by atoms with Crippen molar-refractivity contribution in [1.29, 1.82) is 0 Å². The molecule has 1 atom stereocenters. The monoisotopic (exact) mass is 290 g/mol. The Morgan fingerprint density at radius 1 is 1.23 bits per heavy atom. The molecule has 1 heteroatoms. The SMILES string of the molecule is C=CCOc1ccc2ccc3c(c2/c1=C\CC)C(C)C=CC=3. The lowest BCUT2D eigenvalue weighted by atomic mass is 9.88. The van der Waals surface area contributed by atoms with Crippen molar-refractivity contribution in [2.45, 2.75) is 26.2 Å². The summed E-state index contributed by atoms with van der Waals surface area (Å²) in [6, 6.07) is 8.66. The summed E-state index contributed by atoms with van der Waals surface area (Å²) >= 11 is 0. The number of hydrogen-bond acceptors (Lipinski definition) is 1. The van der Waals surface area contributed by atoms with Gasteiger partial charge >= 0.3 is 0 Å². The lowest BCUT2D eigenvalue weighted by Crippen LogP contribution is -2.19. The van der Waals surface area contributed by atoms with Crippen LogP contribution in [-0.4, -0.2) is 6.61 Å². The van der Waals surface area contributed by atoms with E-state index in [0.29, 0.717) is 12.5 Å². The maximum atomic E-state index is 5.90. The Hall–Kier alpha value is -2.28.